The zero-order valence-corrected chi connectivity index (χ0v) is 9.32. The van der Waals surface area contributed by atoms with E-state index >= 15 is 0 Å². The Morgan fingerprint density at radius 3 is 3.07 bits per heavy atom. The van der Waals surface area contributed by atoms with Crippen molar-refractivity contribution in [3.8, 4) is 0 Å². The SMILES string of the molecule is CCCOC(=S)SC(=O)c1ccco1. The second kappa shape index (κ2) is 5.82. The smallest absolute Gasteiger partial charge is 0.263 e. The average molecular weight is 230 g/mol. The first-order chi connectivity index (χ1) is 6.74. The summed E-state index contributed by atoms with van der Waals surface area (Å²) in [6.45, 7) is 2.51. The zero-order chi connectivity index (χ0) is 10.4. The molecular weight excluding hydrogens is 220 g/mol. The van der Waals surface area contributed by atoms with Crippen LogP contribution in [-0.2, 0) is 4.74 Å². The summed E-state index contributed by atoms with van der Waals surface area (Å²) in [7, 11) is 0. The Balaban J connectivity index is 2.38. The summed E-state index contributed by atoms with van der Waals surface area (Å²) < 4.78 is 10.3. The Morgan fingerprint density at radius 1 is 1.71 bits per heavy atom. The lowest BCUT2D eigenvalue weighted by Gasteiger charge is -2.02. The molecule has 0 radical (unpaired) electrons. The highest BCUT2D eigenvalue weighted by atomic mass is 32.2. The van der Waals surface area contributed by atoms with E-state index in [1.807, 2.05) is 6.92 Å². The van der Waals surface area contributed by atoms with Crippen LogP contribution in [0.3, 0.4) is 0 Å². The fraction of sp³-hybridized carbons (Fsp3) is 0.333. The molecule has 0 spiro atoms. The predicted molar refractivity (Wildman–Crippen MR) is 59.5 cm³/mol. The minimum atomic E-state index is -0.226. The third kappa shape index (κ3) is 3.51. The summed E-state index contributed by atoms with van der Waals surface area (Å²) >= 11 is 5.72. The third-order valence-electron chi connectivity index (χ3n) is 1.32. The van der Waals surface area contributed by atoms with Gasteiger partial charge in [-0.2, -0.15) is 0 Å². The van der Waals surface area contributed by atoms with Crippen molar-refractivity contribution in [2.45, 2.75) is 13.3 Å². The molecule has 1 rings (SSSR count). The van der Waals surface area contributed by atoms with Crippen molar-refractivity contribution in [3.05, 3.63) is 24.2 Å². The van der Waals surface area contributed by atoms with E-state index in [0.717, 1.165) is 18.2 Å². The monoisotopic (exact) mass is 230 g/mol. The molecule has 0 saturated carbocycles. The van der Waals surface area contributed by atoms with E-state index in [-0.39, 0.29) is 15.3 Å². The van der Waals surface area contributed by atoms with Crippen molar-refractivity contribution in [3.63, 3.8) is 0 Å². The van der Waals surface area contributed by atoms with Gasteiger partial charge in [0, 0.05) is 11.8 Å². The highest BCUT2D eigenvalue weighted by Gasteiger charge is 2.13. The second-order valence-electron chi connectivity index (χ2n) is 2.47. The van der Waals surface area contributed by atoms with Crippen molar-refractivity contribution < 1.29 is 13.9 Å². The lowest BCUT2D eigenvalue weighted by Crippen LogP contribution is -2.02. The van der Waals surface area contributed by atoms with Gasteiger partial charge in [-0.25, -0.2) is 0 Å². The van der Waals surface area contributed by atoms with Crippen LogP contribution < -0.4 is 0 Å². The second-order valence-corrected chi connectivity index (χ2v) is 4.04. The number of carbonyl (C=O) groups excluding carboxylic acids is 1. The molecule has 0 bridgehead atoms. The number of thioether (sulfide) groups is 1. The number of hydrogen-bond acceptors (Lipinski definition) is 5. The lowest BCUT2D eigenvalue weighted by atomic mass is 10.5. The van der Waals surface area contributed by atoms with Crippen LogP contribution in [0.5, 0.6) is 0 Å². The molecule has 14 heavy (non-hydrogen) atoms. The fourth-order valence-electron chi connectivity index (χ4n) is 0.736. The first-order valence-electron chi connectivity index (χ1n) is 4.16. The number of ether oxygens (including phenoxy) is 1. The van der Waals surface area contributed by atoms with E-state index in [0.29, 0.717) is 6.61 Å². The molecule has 0 aliphatic heterocycles. The Bertz CT molecular complexity index is 306. The van der Waals surface area contributed by atoms with Crippen LogP contribution >= 0.6 is 24.0 Å². The summed E-state index contributed by atoms with van der Waals surface area (Å²) in [5.74, 6) is 0.289. The normalized spacial score (nSPS) is 9.79. The van der Waals surface area contributed by atoms with Gasteiger partial charge in [-0.1, -0.05) is 6.92 Å². The van der Waals surface area contributed by atoms with E-state index < -0.39 is 0 Å². The van der Waals surface area contributed by atoms with Crippen LogP contribution in [0.2, 0.25) is 0 Å². The molecule has 0 saturated heterocycles. The quantitative estimate of drug-likeness (QED) is 0.747. The molecule has 1 aromatic heterocycles. The Kier molecular flexibility index (Phi) is 4.69. The molecule has 0 aliphatic carbocycles. The Hall–Kier alpha value is -0.810. The number of rotatable bonds is 3. The van der Waals surface area contributed by atoms with Gasteiger partial charge in [0.05, 0.1) is 12.9 Å². The Labute approximate surface area is 91.8 Å². The molecule has 0 N–H and O–H groups in total. The maximum absolute atomic E-state index is 11.4. The van der Waals surface area contributed by atoms with Gasteiger partial charge >= 0.3 is 0 Å². The van der Waals surface area contributed by atoms with E-state index in [2.05, 4.69) is 0 Å². The van der Waals surface area contributed by atoms with Gasteiger partial charge in [0.15, 0.2) is 5.76 Å². The largest absolute Gasteiger partial charge is 0.478 e. The summed E-state index contributed by atoms with van der Waals surface area (Å²) in [5, 5.41) is -0.226. The molecular formula is C9H10O3S2. The Morgan fingerprint density at radius 2 is 2.50 bits per heavy atom. The topological polar surface area (TPSA) is 39.4 Å². The van der Waals surface area contributed by atoms with Crippen LogP contribution in [-0.4, -0.2) is 16.1 Å². The van der Waals surface area contributed by atoms with Crippen molar-refractivity contribution in [2.75, 3.05) is 6.61 Å². The van der Waals surface area contributed by atoms with Crippen LogP contribution in [0.25, 0.3) is 0 Å². The average Bonchev–Trinajstić information content (AvgIpc) is 2.67. The first kappa shape index (κ1) is 11.3. The van der Waals surface area contributed by atoms with Crippen LogP contribution in [0.4, 0.5) is 0 Å². The van der Waals surface area contributed by atoms with Crippen LogP contribution in [0.15, 0.2) is 22.8 Å². The van der Waals surface area contributed by atoms with Gasteiger partial charge in [-0.3, -0.25) is 4.79 Å². The van der Waals surface area contributed by atoms with Gasteiger partial charge in [-0.05, 0) is 30.8 Å². The van der Waals surface area contributed by atoms with Crippen molar-refractivity contribution in [1.82, 2.24) is 0 Å². The van der Waals surface area contributed by atoms with Crippen LogP contribution in [0, 0.1) is 0 Å². The summed E-state index contributed by atoms with van der Waals surface area (Å²) in [5.41, 5.74) is 0. The molecule has 0 aliphatic rings. The maximum Gasteiger partial charge on any atom is 0.263 e. The van der Waals surface area contributed by atoms with E-state index in [9.17, 15) is 4.79 Å². The molecule has 5 heteroatoms. The maximum atomic E-state index is 11.4. The number of thiocarbonyl (C=S) groups is 1. The number of carbonyl (C=O) groups is 1. The predicted octanol–water partition coefficient (Wildman–Crippen LogP) is 2.86. The van der Waals surface area contributed by atoms with Crippen molar-refractivity contribution in [2.24, 2.45) is 0 Å². The van der Waals surface area contributed by atoms with Gasteiger partial charge in [0.25, 0.3) is 5.12 Å². The molecule has 0 fully saturated rings. The molecule has 0 aromatic carbocycles. The number of furan rings is 1. The van der Waals surface area contributed by atoms with Crippen molar-refractivity contribution in [1.29, 1.82) is 0 Å². The molecule has 76 valence electrons. The minimum absolute atomic E-state index is 0.226. The molecule has 3 nitrogen and oxygen atoms in total. The van der Waals surface area contributed by atoms with Gasteiger partial charge in [0.2, 0.25) is 4.38 Å². The van der Waals surface area contributed by atoms with E-state index in [1.165, 1.54) is 6.26 Å². The molecule has 1 aromatic rings. The third-order valence-corrected chi connectivity index (χ3v) is 2.36. The summed E-state index contributed by atoms with van der Waals surface area (Å²) in [4.78, 5) is 11.4. The van der Waals surface area contributed by atoms with E-state index in [4.69, 9.17) is 21.4 Å². The first-order valence-corrected chi connectivity index (χ1v) is 5.39. The molecule has 0 amide bonds. The molecule has 1 heterocycles. The minimum Gasteiger partial charge on any atom is -0.478 e. The van der Waals surface area contributed by atoms with Crippen LogP contribution in [0.1, 0.15) is 23.9 Å². The lowest BCUT2D eigenvalue weighted by molar-refractivity contribution is 0.106. The van der Waals surface area contributed by atoms with Gasteiger partial charge < -0.3 is 9.15 Å². The zero-order valence-electron chi connectivity index (χ0n) is 7.69. The molecule has 0 atom stereocenters. The fourth-order valence-corrected chi connectivity index (χ4v) is 1.56. The highest BCUT2D eigenvalue weighted by molar-refractivity contribution is 8.32. The van der Waals surface area contributed by atoms with Crippen molar-refractivity contribution >= 4 is 33.5 Å². The van der Waals surface area contributed by atoms with Gasteiger partial charge in [-0.15, -0.1) is 0 Å². The summed E-state index contributed by atoms with van der Waals surface area (Å²) in [6.07, 6.45) is 2.32. The standard InChI is InChI=1S/C9H10O3S2/c1-2-5-12-9(13)14-8(10)7-4-3-6-11-7/h3-4,6H,2,5H2,1H3. The number of hydrogen-bond donors (Lipinski definition) is 0. The summed E-state index contributed by atoms with van der Waals surface area (Å²) in [6, 6.07) is 3.25. The molecule has 0 unspecified atom stereocenters. The van der Waals surface area contributed by atoms with E-state index in [1.54, 1.807) is 12.1 Å². The van der Waals surface area contributed by atoms with Gasteiger partial charge in [0.1, 0.15) is 0 Å². The highest BCUT2D eigenvalue weighted by Crippen LogP contribution is 2.15.